The number of aliphatic hydroxyl groups excluding tert-OH is 1. The minimum atomic E-state index is -0.241. The fourth-order valence-corrected chi connectivity index (χ4v) is 11.1. The topological polar surface area (TPSA) is 37.3 Å². The van der Waals surface area contributed by atoms with E-state index >= 15 is 0 Å². The predicted octanol–water partition coefficient (Wildman–Crippen LogP) is 7.06. The average molecular weight is 441 g/mol. The molecule has 0 aromatic rings. The van der Waals surface area contributed by atoms with Crippen molar-refractivity contribution in [3.05, 3.63) is 12.2 Å². The second kappa shape index (κ2) is 6.96. The van der Waals surface area contributed by atoms with E-state index in [4.69, 9.17) is 0 Å². The molecule has 1 N–H and O–H groups in total. The third kappa shape index (κ3) is 2.60. The first kappa shape index (κ1) is 23.1. The Balaban J connectivity index is 1.57. The molecule has 4 fully saturated rings. The van der Waals surface area contributed by atoms with Crippen LogP contribution in [0.5, 0.6) is 0 Å². The summed E-state index contributed by atoms with van der Waals surface area (Å²) < 4.78 is 0. The predicted molar refractivity (Wildman–Crippen MR) is 131 cm³/mol. The van der Waals surface area contributed by atoms with Crippen LogP contribution in [0.2, 0.25) is 0 Å². The number of hydrogen-bond donors (Lipinski definition) is 1. The molecule has 32 heavy (non-hydrogen) atoms. The lowest BCUT2D eigenvalue weighted by Crippen LogP contribution is -2.65. The van der Waals surface area contributed by atoms with Gasteiger partial charge in [0.1, 0.15) is 0 Å². The zero-order valence-electron chi connectivity index (χ0n) is 21.8. The molecule has 5 aliphatic carbocycles. The van der Waals surface area contributed by atoms with Crippen molar-refractivity contribution in [3.63, 3.8) is 0 Å². The van der Waals surface area contributed by atoms with E-state index in [-0.39, 0.29) is 16.2 Å². The van der Waals surface area contributed by atoms with Gasteiger partial charge < -0.3 is 5.11 Å². The molecule has 0 bridgehead atoms. The van der Waals surface area contributed by atoms with Gasteiger partial charge in [-0.1, -0.05) is 54.5 Å². The number of hydrogen-bond acceptors (Lipinski definition) is 2. The fraction of sp³-hybridized carbons (Fsp3) is 0.900. The molecule has 2 nitrogen and oxygen atoms in total. The SMILES string of the molecule is CC(C)C1CCC2(CO)CCC3(C)C(CCC4C5(C)C=CC(=O)C(C)(C)C5CCC43C)C12. The summed E-state index contributed by atoms with van der Waals surface area (Å²) in [5, 5.41) is 10.7. The molecular weight excluding hydrogens is 392 g/mol. The van der Waals surface area contributed by atoms with E-state index in [1.165, 1.54) is 51.4 Å². The Kier molecular flexibility index (Phi) is 5.03. The molecule has 9 unspecified atom stereocenters. The highest BCUT2D eigenvalue weighted by Gasteiger charge is 2.70. The van der Waals surface area contributed by atoms with E-state index < -0.39 is 0 Å². The van der Waals surface area contributed by atoms with Crippen LogP contribution in [0.3, 0.4) is 0 Å². The molecule has 0 aromatic carbocycles. The summed E-state index contributed by atoms with van der Waals surface area (Å²) in [4.78, 5) is 12.8. The Morgan fingerprint density at radius 3 is 2.28 bits per heavy atom. The molecule has 0 amide bonds. The Labute approximate surface area is 197 Å². The van der Waals surface area contributed by atoms with E-state index in [2.05, 4.69) is 54.5 Å². The fourth-order valence-electron chi connectivity index (χ4n) is 11.1. The van der Waals surface area contributed by atoms with Crippen LogP contribution in [0.4, 0.5) is 0 Å². The monoisotopic (exact) mass is 440 g/mol. The maximum atomic E-state index is 12.8. The normalized spacial score (nSPS) is 54.0. The van der Waals surface area contributed by atoms with E-state index in [0.29, 0.717) is 46.9 Å². The molecule has 0 spiro atoms. The Bertz CT molecular complexity index is 825. The molecule has 0 radical (unpaired) electrons. The van der Waals surface area contributed by atoms with Gasteiger partial charge in [-0.2, -0.15) is 0 Å². The van der Waals surface area contributed by atoms with Gasteiger partial charge in [0, 0.05) is 12.0 Å². The Morgan fingerprint density at radius 2 is 1.62 bits per heavy atom. The van der Waals surface area contributed by atoms with Gasteiger partial charge in [-0.3, -0.25) is 4.79 Å². The quantitative estimate of drug-likeness (QED) is 0.499. The molecule has 0 aromatic heterocycles. The summed E-state index contributed by atoms with van der Waals surface area (Å²) in [5.41, 5.74) is 0.715. The van der Waals surface area contributed by atoms with Crippen molar-refractivity contribution in [2.75, 3.05) is 6.61 Å². The van der Waals surface area contributed by atoms with Crippen molar-refractivity contribution >= 4 is 5.78 Å². The lowest BCUT2D eigenvalue weighted by atomic mass is 9.33. The number of rotatable bonds is 2. The van der Waals surface area contributed by atoms with E-state index in [0.717, 1.165) is 11.8 Å². The van der Waals surface area contributed by atoms with Crippen molar-refractivity contribution in [1.82, 2.24) is 0 Å². The van der Waals surface area contributed by atoms with Gasteiger partial charge >= 0.3 is 0 Å². The van der Waals surface area contributed by atoms with Crippen molar-refractivity contribution in [1.29, 1.82) is 0 Å². The molecule has 0 saturated heterocycles. The van der Waals surface area contributed by atoms with Gasteiger partial charge in [-0.25, -0.2) is 0 Å². The molecule has 2 heteroatoms. The van der Waals surface area contributed by atoms with Gasteiger partial charge in [0.2, 0.25) is 0 Å². The zero-order chi connectivity index (χ0) is 23.3. The van der Waals surface area contributed by atoms with Crippen LogP contribution in [-0.2, 0) is 4.79 Å². The number of ketones is 1. The maximum absolute atomic E-state index is 12.8. The van der Waals surface area contributed by atoms with E-state index in [1.54, 1.807) is 0 Å². The largest absolute Gasteiger partial charge is 0.396 e. The highest BCUT2D eigenvalue weighted by Crippen LogP contribution is 2.76. The van der Waals surface area contributed by atoms with Crippen LogP contribution in [0.15, 0.2) is 12.2 Å². The van der Waals surface area contributed by atoms with Crippen molar-refractivity contribution in [3.8, 4) is 0 Å². The number of fused-ring (bicyclic) bond motifs is 7. The summed E-state index contributed by atoms with van der Waals surface area (Å²) >= 11 is 0. The lowest BCUT2D eigenvalue weighted by molar-refractivity contribution is -0.223. The van der Waals surface area contributed by atoms with Gasteiger partial charge in [0.25, 0.3) is 0 Å². The van der Waals surface area contributed by atoms with Crippen molar-refractivity contribution < 1.29 is 9.90 Å². The zero-order valence-corrected chi connectivity index (χ0v) is 21.8. The third-order valence-corrected chi connectivity index (χ3v) is 13.1. The number of allylic oxidation sites excluding steroid dienone is 2. The van der Waals surface area contributed by atoms with Crippen molar-refractivity contribution in [2.24, 2.45) is 62.6 Å². The van der Waals surface area contributed by atoms with Crippen LogP contribution < -0.4 is 0 Å². The first-order valence-electron chi connectivity index (χ1n) is 13.7. The first-order chi connectivity index (χ1) is 14.9. The van der Waals surface area contributed by atoms with Gasteiger partial charge in [0.15, 0.2) is 5.78 Å². The lowest BCUT2D eigenvalue weighted by Gasteiger charge is -2.71. The standard InChI is InChI=1S/C30H48O2/c1-19(2)20-10-15-30(18-31)17-16-28(6)21(25(20)30)8-9-23-27(5)13-12-24(32)26(3,4)22(27)11-14-29(23,28)7/h12-13,19-23,25,31H,8-11,14-18H2,1-7H3. The smallest absolute Gasteiger partial charge is 0.161 e. The molecule has 5 rings (SSSR count). The molecule has 5 aliphatic rings. The summed E-state index contributed by atoms with van der Waals surface area (Å²) in [6.45, 7) is 17.5. The highest BCUT2D eigenvalue weighted by molar-refractivity contribution is 5.95. The second-order valence-corrected chi connectivity index (χ2v) is 14.4. The van der Waals surface area contributed by atoms with Crippen LogP contribution in [0.1, 0.15) is 99.8 Å². The summed E-state index contributed by atoms with van der Waals surface area (Å²) in [5.74, 6) is 4.35. The van der Waals surface area contributed by atoms with E-state index in [1.807, 2.05) is 6.08 Å². The Morgan fingerprint density at radius 1 is 0.906 bits per heavy atom. The second-order valence-electron chi connectivity index (χ2n) is 14.4. The molecule has 4 saturated carbocycles. The summed E-state index contributed by atoms with van der Waals surface area (Å²) in [7, 11) is 0. The molecular formula is C30H48O2. The third-order valence-electron chi connectivity index (χ3n) is 13.1. The Hall–Kier alpha value is -0.630. The van der Waals surface area contributed by atoms with Gasteiger partial charge in [-0.15, -0.1) is 0 Å². The number of carbonyl (C=O) groups excluding carboxylic acids is 1. The van der Waals surface area contributed by atoms with Crippen molar-refractivity contribution in [2.45, 2.75) is 99.8 Å². The molecule has 180 valence electrons. The molecule has 0 aliphatic heterocycles. The highest BCUT2D eigenvalue weighted by atomic mass is 16.3. The number of carbonyl (C=O) groups is 1. The first-order valence-corrected chi connectivity index (χ1v) is 13.7. The maximum Gasteiger partial charge on any atom is 0.161 e. The van der Waals surface area contributed by atoms with Crippen LogP contribution in [0.25, 0.3) is 0 Å². The number of aliphatic hydroxyl groups is 1. The summed E-state index contributed by atoms with van der Waals surface area (Å²) in [6.07, 6.45) is 14.4. The average Bonchev–Trinajstić information content (AvgIpc) is 3.12. The molecule has 9 atom stereocenters. The minimum absolute atomic E-state index is 0.122. The van der Waals surface area contributed by atoms with Crippen LogP contribution in [-0.4, -0.2) is 17.5 Å². The summed E-state index contributed by atoms with van der Waals surface area (Å²) in [6, 6.07) is 0. The van der Waals surface area contributed by atoms with Gasteiger partial charge in [-0.05, 0) is 115 Å². The van der Waals surface area contributed by atoms with Crippen LogP contribution in [0, 0.1) is 62.6 Å². The molecule has 0 heterocycles. The van der Waals surface area contributed by atoms with Gasteiger partial charge in [0.05, 0.1) is 0 Å². The van der Waals surface area contributed by atoms with E-state index in [9.17, 15) is 9.90 Å². The minimum Gasteiger partial charge on any atom is -0.396 e. The van der Waals surface area contributed by atoms with Crippen LogP contribution >= 0.6 is 0 Å².